The summed E-state index contributed by atoms with van der Waals surface area (Å²) in [4.78, 5) is 24.8. The minimum absolute atomic E-state index is 0.0843. The summed E-state index contributed by atoms with van der Waals surface area (Å²) in [6.07, 6.45) is 2.71. The van der Waals surface area contributed by atoms with Gasteiger partial charge in [-0.2, -0.15) is 5.10 Å². The minimum atomic E-state index is -0.391. The Hall–Kier alpha value is -1.69. The fourth-order valence-corrected chi connectivity index (χ4v) is 1.92. The van der Waals surface area contributed by atoms with Gasteiger partial charge < -0.3 is 0 Å². The highest BCUT2D eigenvalue weighted by atomic mass is 16.2. The van der Waals surface area contributed by atoms with Crippen LogP contribution in [-0.4, -0.2) is 39.5 Å². The molecule has 92 valence electrons. The number of hydrogen-bond donors (Lipinski definition) is 2. The van der Waals surface area contributed by atoms with E-state index in [4.69, 9.17) is 0 Å². The van der Waals surface area contributed by atoms with E-state index in [1.54, 1.807) is 6.20 Å². The molecular weight excluding hydrogens is 220 g/mol. The molecule has 2 rings (SSSR count). The third kappa shape index (κ3) is 2.52. The van der Waals surface area contributed by atoms with Gasteiger partial charge in [0.1, 0.15) is 0 Å². The van der Waals surface area contributed by atoms with Crippen LogP contribution >= 0.6 is 0 Å². The Morgan fingerprint density at radius 2 is 2.41 bits per heavy atom. The standard InChI is InChI=1S/C11H16N4O2/c1-2-5-15-10(16)6-9(11(15)17)12-7-8-3-4-13-14-8/h3-4,9,12H,2,5-7H2,1H3,(H,13,14). The SMILES string of the molecule is CCCN1C(=O)CC(NCc2ccn[nH]2)C1=O. The van der Waals surface area contributed by atoms with E-state index in [9.17, 15) is 9.59 Å². The fourth-order valence-electron chi connectivity index (χ4n) is 1.92. The second-order valence-electron chi connectivity index (χ2n) is 4.10. The van der Waals surface area contributed by atoms with Crippen molar-refractivity contribution < 1.29 is 9.59 Å². The van der Waals surface area contributed by atoms with Gasteiger partial charge in [-0.25, -0.2) is 0 Å². The number of hydrogen-bond acceptors (Lipinski definition) is 4. The second-order valence-corrected chi connectivity index (χ2v) is 4.10. The summed E-state index contributed by atoms with van der Waals surface area (Å²) in [5, 5.41) is 9.69. The number of aromatic amines is 1. The first-order valence-corrected chi connectivity index (χ1v) is 5.78. The number of carbonyl (C=O) groups is 2. The summed E-state index contributed by atoms with van der Waals surface area (Å²) in [6.45, 7) is 2.98. The molecule has 6 heteroatoms. The predicted molar refractivity (Wildman–Crippen MR) is 60.8 cm³/mol. The van der Waals surface area contributed by atoms with Crippen molar-refractivity contribution in [3.05, 3.63) is 18.0 Å². The largest absolute Gasteiger partial charge is 0.300 e. The number of nitrogens with zero attached hydrogens (tertiary/aromatic N) is 2. The van der Waals surface area contributed by atoms with Crippen LogP contribution in [0.4, 0.5) is 0 Å². The Labute approximate surface area is 99.4 Å². The summed E-state index contributed by atoms with van der Waals surface area (Å²) in [6, 6.07) is 1.44. The zero-order chi connectivity index (χ0) is 12.3. The molecule has 1 aromatic rings. The predicted octanol–water partition coefficient (Wildman–Crippen LogP) is 0.0368. The maximum absolute atomic E-state index is 11.9. The van der Waals surface area contributed by atoms with Crippen LogP contribution in [0.1, 0.15) is 25.5 Å². The zero-order valence-corrected chi connectivity index (χ0v) is 9.77. The molecule has 0 bridgehead atoms. The highest BCUT2D eigenvalue weighted by Gasteiger charge is 2.37. The average Bonchev–Trinajstić information content (AvgIpc) is 2.90. The number of carbonyl (C=O) groups excluding carboxylic acids is 2. The van der Waals surface area contributed by atoms with Crippen LogP contribution in [-0.2, 0) is 16.1 Å². The molecule has 1 atom stereocenters. The molecule has 1 unspecified atom stereocenters. The Bertz CT molecular complexity index is 402. The molecule has 0 saturated carbocycles. The fraction of sp³-hybridized carbons (Fsp3) is 0.545. The van der Waals surface area contributed by atoms with Gasteiger partial charge in [-0.1, -0.05) is 6.92 Å². The monoisotopic (exact) mass is 236 g/mol. The Kier molecular flexibility index (Phi) is 3.53. The van der Waals surface area contributed by atoms with E-state index in [0.29, 0.717) is 13.1 Å². The second kappa shape index (κ2) is 5.09. The molecule has 1 aliphatic heterocycles. The number of aromatic nitrogens is 2. The summed E-state index contributed by atoms with van der Waals surface area (Å²) in [5.41, 5.74) is 0.902. The van der Waals surface area contributed by atoms with Gasteiger partial charge in [-0.15, -0.1) is 0 Å². The van der Waals surface area contributed by atoms with Crippen LogP contribution in [0.15, 0.2) is 12.3 Å². The van der Waals surface area contributed by atoms with Crippen molar-refractivity contribution in [3.63, 3.8) is 0 Å². The summed E-state index contributed by atoms with van der Waals surface area (Å²) in [5.74, 6) is -0.199. The van der Waals surface area contributed by atoms with Crippen molar-refractivity contribution >= 4 is 11.8 Å². The zero-order valence-electron chi connectivity index (χ0n) is 9.77. The number of amides is 2. The average molecular weight is 236 g/mol. The van der Waals surface area contributed by atoms with E-state index >= 15 is 0 Å². The maximum Gasteiger partial charge on any atom is 0.246 e. The van der Waals surface area contributed by atoms with E-state index in [1.807, 2.05) is 13.0 Å². The van der Waals surface area contributed by atoms with E-state index in [1.165, 1.54) is 4.90 Å². The first kappa shape index (κ1) is 11.8. The van der Waals surface area contributed by atoms with Gasteiger partial charge in [0, 0.05) is 25.0 Å². The summed E-state index contributed by atoms with van der Waals surface area (Å²) < 4.78 is 0. The van der Waals surface area contributed by atoms with Gasteiger partial charge in [0.2, 0.25) is 11.8 Å². The van der Waals surface area contributed by atoms with Crippen molar-refractivity contribution in [1.29, 1.82) is 0 Å². The topological polar surface area (TPSA) is 78.1 Å². The molecule has 0 radical (unpaired) electrons. The number of likely N-dealkylation sites (tertiary alicyclic amines) is 1. The molecule has 6 nitrogen and oxygen atoms in total. The first-order valence-electron chi connectivity index (χ1n) is 5.78. The van der Waals surface area contributed by atoms with Gasteiger partial charge in [-0.05, 0) is 12.5 Å². The molecule has 0 aromatic carbocycles. The molecule has 1 fully saturated rings. The molecule has 2 N–H and O–H groups in total. The number of imide groups is 1. The van der Waals surface area contributed by atoms with E-state index in [0.717, 1.165) is 12.1 Å². The third-order valence-electron chi connectivity index (χ3n) is 2.79. The summed E-state index contributed by atoms with van der Waals surface area (Å²) in [7, 11) is 0. The molecule has 2 heterocycles. The van der Waals surface area contributed by atoms with Gasteiger partial charge in [0.25, 0.3) is 0 Å². The molecular formula is C11H16N4O2. The summed E-state index contributed by atoms with van der Waals surface area (Å²) >= 11 is 0. The van der Waals surface area contributed by atoms with E-state index in [2.05, 4.69) is 15.5 Å². The molecule has 1 aromatic heterocycles. The quantitative estimate of drug-likeness (QED) is 0.707. The third-order valence-corrected chi connectivity index (χ3v) is 2.79. The van der Waals surface area contributed by atoms with Gasteiger partial charge >= 0.3 is 0 Å². The molecule has 0 aliphatic carbocycles. The lowest BCUT2D eigenvalue weighted by Crippen LogP contribution is -2.38. The number of H-pyrrole nitrogens is 1. The van der Waals surface area contributed by atoms with E-state index in [-0.39, 0.29) is 18.2 Å². The highest BCUT2D eigenvalue weighted by molar-refractivity contribution is 6.05. The molecule has 17 heavy (non-hydrogen) atoms. The Morgan fingerprint density at radius 1 is 1.59 bits per heavy atom. The minimum Gasteiger partial charge on any atom is -0.300 e. The van der Waals surface area contributed by atoms with E-state index < -0.39 is 6.04 Å². The van der Waals surface area contributed by atoms with Crippen molar-refractivity contribution in [2.75, 3.05) is 6.54 Å². The lowest BCUT2D eigenvalue weighted by Gasteiger charge is -2.13. The smallest absolute Gasteiger partial charge is 0.246 e. The van der Waals surface area contributed by atoms with Crippen molar-refractivity contribution in [1.82, 2.24) is 20.4 Å². The van der Waals surface area contributed by atoms with Crippen LogP contribution in [0.25, 0.3) is 0 Å². The molecule has 1 aliphatic rings. The first-order chi connectivity index (χ1) is 8.22. The molecule has 1 saturated heterocycles. The van der Waals surface area contributed by atoms with Crippen LogP contribution in [0.3, 0.4) is 0 Å². The van der Waals surface area contributed by atoms with Crippen molar-refractivity contribution in [3.8, 4) is 0 Å². The van der Waals surface area contributed by atoms with Gasteiger partial charge in [0.15, 0.2) is 0 Å². The number of rotatable bonds is 5. The lowest BCUT2D eigenvalue weighted by atomic mass is 10.2. The van der Waals surface area contributed by atoms with Crippen molar-refractivity contribution in [2.24, 2.45) is 0 Å². The number of nitrogens with one attached hydrogen (secondary N) is 2. The van der Waals surface area contributed by atoms with Crippen LogP contribution in [0.5, 0.6) is 0 Å². The molecule has 2 amide bonds. The van der Waals surface area contributed by atoms with Gasteiger partial charge in [-0.3, -0.25) is 24.9 Å². The Balaban J connectivity index is 1.90. The normalized spacial score (nSPS) is 20.3. The van der Waals surface area contributed by atoms with Gasteiger partial charge in [0.05, 0.1) is 12.5 Å². The van der Waals surface area contributed by atoms with Crippen LogP contribution < -0.4 is 5.32 Å². The maximum atomic E-state index is 11.9. The lowest BCUT2D eigenvalue weighted by molar-refractivity contribution is -0.138. The highest BCUT2D eigenvalue weighted by Crippen LogP contribution is 2.13. The van der Waals surface area contributed by atoms with Crippen molar-refractivity contribution in [2.45, 2.75) is 32.4 Å². The Morgan fingerprint density at radius 3 is 3.06 bits per heavy atom. The van der Waals surface area contributed by atoms with Crippen LogP contribution in [0.2, 0.25) is 0 Å². The molecule has 0 spiro atoms. The van der Waals surface area contributed by atoms with Crippen LogP contribution in [0, 0.1) is 0 Å².